The molecule has 7 nitrogen and oxygen atoms in total. The minimum Gasteiger partial charge on any atom is -0.461 e. The lowest BCUT2D eigenvalue weighted by Crippen LogP contribution is -2.13. The van der Waals surface area contributed by atoms with Gasteiger partial charge in [0, 0.05) is 23.8 Å². The van der Waals surface area contributed by atoms with Gasteiger partial charge in [0.05, 0.1) is 6.61 Å². The van der Waals surface area contributed by atoms with E-state index < -0.39 is 11.9 Å². The molecule has 1 N–H and O–H groups in total. The van der Waals surface area contributed by atoms with Crippen LogP contribution in [0.25, 0.3) is 0 Å². The number of nitrogens with one attached hydrogen (secondary N) is 1. The fraction of sp³-hybridized carbons (Fsp3) is 0.231. The number of hydrogen-bond donors (Lipinski definition) is 1. The third kappa shape index (κ3) is 3.66. The van der Waals surface area contributed by atoms with Gasteiger partial charge >= 0.3 is 5.97 Å². The van der Waals surface area contributed by atoms with Crippen LogP contribution in [0.3, 0.4) is 0 Å². The molecule has 2 heterocycles. The maximum atomic E-state index is 12.1. The zero-order valence-corrected chi connectivity index (χ0v) is 13.0. The van der Waals surface area contributed by atoms with Crippen LogP contribution in [0, 0.1) is 0 Å². The van der Waals surface area contributed by atoms with Crippen LogP contribution in [0.5, 0.6) is 0 Å². The van der Waals surface area contributed by atoms with E-state index in [2.05, 4.69) is 31.3 Å². The van der Waals surface area contributed by atoms with Gasteiger partial charge in [-0.3, -0.25) is 9.48 Å². The Morgan fingerprint density at radius 2 is 2.19 bits per heavy atom. The Morgan fingerprint density at radius 3 is 2.81 bits per heavy atom. The first-order valence-electron chi connectivity index (χ1n) is 6.15. The quantitative estimate of drug-likeness (QED) is 0.850. The zero-order valence-electron chi connectivity index (χ0n) is 11.5. The maximum Gasteiger partial charge on any atom is 0.356 e. The van der Waals surface area contributed by atoms with Crippen molar-refractivity contribution in [3.8, 4) is 0 Å². The van der Waals surface area contributed by atoms with Gasteiger partial charge in [-0.1, -0.05) is 0 Å². The molecule has 0 fully saturated rings. The van der Waals surface area contributed by atoms with E-state index >= 15 is 0 Å². The van der Waals surface area contributed by atoms with E-state index in [1.54, 1.807) is 32.3 Å². The molecule has 0 spiro atoms. The number of pyridine rings is 1. The van der Waals surface area contributed by atoms with Crippen LogP contribution in [-0.2, 0) is 11.8 Å². The molecule has 2 rings (SSSR count). The van der Waals surface area contributed by atoms with Gasteiger partial charge in [0.15, 0.2) is 5.69 Å². The molecular weight excluding hydrogens is 340 g/mol. The molecule has 2 aromatic heterocycles. The summed E-state index contributed by atoms with van der Waals surface area (Å²) in [6.45, 7) is 1.97. The summed E-state index contributed by atoms with van der Waals surface area (Å²) in [4.78, 5) is 27.8. The van der Waals surface area contributed by atoms with E-state index in [0.29, 0.717) is 5.82 Å². The smallest absolute Gasteiger partial charge is 0.356 e. The SMILES string of the molecule is CCOC(=O)c1cc(C(=O)Nc2ccc(Br)cn2)nn1C. The van der Waals surface area contributed by atoms with Gasteiger partial charge in [-0.15, -0.1) is 0 Å². The zero-order chi connectivity index (χ0) is 15.4. The lowest BCUT2D eigenvalue weighted by Gasteiger charge is -2.01. The molecule has 0 saturated carbocycles. The van der Waals surface area contributed by atoms with Crippen molar-refractivity contribution in [2.75, 3.05) is 11.9 Å². The van der Waals surface area contributed by atoms with E-state index in [0.717, 1.165) is 4.47 Å². The summed E-state index contributed by atoms with van der Waals surface area (Å²) in [5, 5.41) is 6.59. The number of aryl methyl sites for hydroxylation is 1. The highest BCUT2D eigenvalue weighted by atomic mass is 79.9. The van der Waals surface area contributed by atoms with Crippen LogP contribution < -0.4 is 5.32 Å². The second-order valence-corrected chi connectivity index (χ2v) is 4.99. The topological polar surface area (TPSA) is 86.1 Å². The Morgan fingerprint density at radius 1 is 1.43 bits per heavy atom. The number of anilines is 1. The van der Waals surface area contributed by atoms with Gasteiger partial charge in [0.1, 0.15) is 11.5 Å². The van der Waals surface area contributed by atoms with Gasteiger partial charge in [-0.2, -0.15) is 5.10 Å². The number of esters is 1. The van der Waals surface area contributed by atoms with Gasteiger partial charge in [-0.25, -0.2) is 9.78 Å². The number of amides is 1. The molecule has 21 heavy (non-hydrogen) atoms. The second kappa shape index (κ2) is 6.49. The number of hydrogen-bond acceptors (Lipinski definition) is 5. The van der Waals surface area contributed by atoms with Gasteiger partial charge in [-0.05, 0) is 35.0 Å². The van der Waals surface area contributed by atoms with Crippen LogP contribution >= 0.6 is 15.9 Å². The molecule has 0 atom stereocenters. The monoisotopic (exact) mass is 352 g/mol. The van der Waals surface area contributed by atoms with E-state index in [4.69, 9.17) is 4.74 Å². The van der Waals surface area contributed by atoms with E-state index in [-0.39, 0.29) is 18.0 Å². The molecule has 110 valence electrons. The maximum absolute atomic E-state index is 12.1. The van der Waals surface area contributed by atoms with Gasteiger partial charge in [0.25, 0.3) is 5.91 Å². The lowest BCUT2D eigenvalue weighted by molar-refractivity contribution is 0.0513. The van der Waals surface area contributed by atoms with Crippen LogP contribution in [0.1, 0.15) is 27.9 Å². The van der Waals surface area contributed by atoms with Crippen LogP contribution in [0.2, 0.25) is 0 Å². The summed E-state index contributed by atoms with van der Waals surface area (Å²) in [6, 6.07) is 4.79. The molecule has 0 saturated heterocycles. The van der Waals surface area contributed by atoms with Crippen molar-refractivity contribution >= 4 is 33.6 Å². The Labute approximate surface area is 129 Å². The molecule has 0 aliphatic rings. The van der Waals surface area contributed by atoms with E-state index in [9.17, 15) is 9.59 Å². The average Bonchev–Trinajstić information content (AvgIpc) is 2.84. The summed E-state index contributed by atoms with van der Waals surface area (Å²) >= 11 is 3.26. The third-order valence-electron chi connectivity index (χ3n) is 2.57. The molecule has 0 aliphatic carbocycles. The minimum absolute atomic E-state index is 0.116. The Balaban J connectivity index is 2.14. The van der Waals surface area contributed by atoms with Crippen molar-refractivity contribution in [3.05, 3.63) is 40.3 Å². The lowest BCUT2D eigenvalue weighted by atomic mass is 10.3. The molecular formula is C13H13BrN4O3. The molecule has 0 aliphatic heterocycles. The molecule has 1 amide bonds. The highest BCUT2D eigenvalue weighted by Crippen LogP contribution is 2.12. The fourth-order valence-corrected chi connectivity index (χ4v) is 1.84. The second-order valence-electron chi connectivity index (χ2n) is 4.07. The minimum atomic E-state index is -0.520. The number of ether oxygens (including phenoxy) is 1. The van der Waals surface area contributed by atoms with E-state index in [1.807, 2.05) is 0 Å². The van der Waals surface area contributed by atoms with Gasteiger partial charge in [0.2, 0.25) is 0 Å². The number of aromatic nitrogens is 3. The Hall–Kier alpha value is -2.22. The largest absolute Gasteiger partial charge is 0.461 e. The van der Waals surface area contributed by atoms with Crippen molar-refractivity contribution in [1.29, 1.82) is 0 Å². The first kappa shape index (κ1) is 15.2. The van der Waals surface area contributed by atoms with Crippen molar-refractivity contribution < 1.29 is 14.3 Å². The standard InChI is InChI=1S/C13H13BrN4O3/c1-3-21-13(20)10-6-9(17-18(10)2)12(19)16-11-5-4-8(14)7-15-11/h4-7H,3H2,1-2H3,(H,15,16,19). The first-order valence-corrected chi connectivity index (χ1v) is 6.94. The van der Waals surface area contributed by atoms with Crippen molar-refractivity contribution in [1.82, 2.24) is 14.8 Å². The average molecular weight is 353 g/mol. The van der Waals surface area contributed by atoms with Gasteiger partial charge < -0.3 is 10.1 Å². The predicted molar refractivity (Wildman–Crippen MR) is 79.1 cm³/mol. The number of carbonyl (C=O) groups excluding carboxylic acids is 2. The van der Waals surface area contributed by atoms with Crippen LogP contribution in [0.15, 0.2) is 28.9 Å². The van der Waals surface area contributed by atoms with E-state index in [1.165, 1.54) is 10.7 Å². The predicted octanol–water partition coefficient (Wildman–Crippen LogP) is 2.01. The van der Waals surface area contributed by atoms with Crippen molar-refractivity contribution in [3.63, 3.8) is 0 Å². The first-order chi connectivity index (χ1) is 10.0. The summed E-state index contributed by atoms with van der Waals surface area (Å²) < 4.78 is 7.00. The highest BCUT2D eigenvalue weighted by molar-refractivity contribution is 9.10. The fourth-order valence-electron chi connectivity index (χ4n) is 1.60. The van der Waals surface area contributed by atoms with Crippen LogP contribution in [0.4, 0.5) is 5.82 Å². The molecule has 0 radical (unpaired) electrons. The summed E-state index contributed by atoms with van der Waals surface area (Å²) in [7, 11) is 1.57. The van der Waals surface area contributed by atoms with Crippen molar-refractivity contribution in [2.24, 2.45) is 7.05 Å². The number of rotatable bonds is 4. The summed E-state index contributed by atoms with van der Waals surface area (Å²) in [6.07, 6.45) is 1.57. The molecule has 0 unspecified atom stereocenters. The normalized spacial score (nSPS) is 10.2. The summed E-state index contributed by atoms with van der Waals surface area (Å²) in [5.41, 5.74) is 0.330. The molecule has 2 aromatic rings. The molecule has 0 bridgehead atoms. The van der Waals surface area contributed by atoms with Crippen molar-refractivity contribution in [2.45, 2.75) is 6.92 Å². The number of carbonyl (C=O) groups is 2. The van der Waals surface area contributed by atoms with Crippen LogP contribution in [-0.4, -0.2) is 33.2 Å². The number of nitrogens with zero attached hydrogens (tertiary/aromatic N) is 3. The molecule has 8 heteroatoms. The third-order valence-corrected chi connectivity index (χ3v) is 3.04. The number of halogens is 1. The molecule has 0 aromatic carbocycles. The highest BCUT2D eigenvalue weighted by Gasteiger charge is 2.18. The Bertz CT molecular complexity index is 667. The summed E-state index contributed by atoms with van der Waals surface area (Å²) in [5.74, 6) is -0.573. The Kier molecular flexibility index (Phi) is 4.69.